The van der Waals surface area contributed by atoms with Crippen molar-refractivity contribution in [1.82, 2.24) is 10.4 Å². The quantitative estimate of drug-likeness (QED) is 0.646. The summed E-state index contributed by atoms with van der Waals surface area (Å²) in [5.41, 5.74) is 3.93. The van der Waals surface area contributed by atoms with E-state index in [0.717, 1.165) is 36.0 Å². The maximum Gasteiger partial charge on any atom is 0.0590 e. The Morgan fingerprint density at radius 2 is 2.39 bits per heavy atom. The number of nitrogens with zero attached hydrogens (tertiary/aromatic N) is 1. The van der Waals surface area contributed by atoms with E-state index in [-0.39, 0.29) is 6.04 Å². The first-order chi connectivity index (χ1) is 8.78. The molecule has 100 valence electrons. The maximum atomic E-state index is 5.74. The van der Waals surface area contributed by atoms with Crippen LogP contribution in [-0.4, -0.2) is 23.7 Å². The van der Waals surface area contributed by atoms with Crippen molar-refractivity contribution in [2.75, 3.05) is 6.61 Å². The van der Waals surface area contributed by atoms with Gasteiger partial charge in [0.05, 0.1) is 6.10 Å². The van der Waals surface area contributed by atoms with Crippen molar-refractivity contribution in [2.24, 2.45) is 5.84 Å². The van der Waals surface area contributed by atoms with Gasteiger partial charge in [-0.15, -0.1) is 0 Å². The smallest absolute Gasteiger partial charge is 0.0590 e. The summed E-state index contributed by atoms with van der Waals surface area (Å²) in [5, 5.41) is 0. The average molecular weight is 314 g/mol. The molecule has 1 saturated heterocycles. The molecule has 0 spiro atoms. The van der Waals surface area contributed by atoms with Crippen LogP contribution in [0.25, 0.3) is 0 Å². The lowest BCUT2D eigenvalue weighted by atomic mass is 9.99. The molecule has 0 radical (unpaired) electrons. The van der Waals surface area contributed by atoms with Crippen LogP contribution in [0.3, 0.4) is 0 Å². The van der Waals surface area contributed by atoms with Gasteiger partial charge in [0, 0.05) is 35.4 Å². The molecule has 2 heterocycles. The van der Waals surface area contributed by atoms with E-state index in [1.807, 2.05) is 18.3 Å². The van der Waals surface area contributed by atoms with Crippen molar-refractivity contribution >= 4 is 15.9 Å². The fraction of sp³-hybridized carbons (Fsp3) is 0.615. The van der Waals surface area contributed by atoms with Crippen molar-refractivity contribution in [3.05, 3.63) is 28.5 Å². The Labute approximate surface area is 116 Å². The lowest BCUT2D eigenvalue weighted by molar-refractivity contribution is 0.00519. The molecule has 0 saturated carbocycles. The summed E-state index contributed by atoms with van der Waals surface area (Å²) in [6, 6.07) is 4.25. The topological polar surface area (TPSA) is 60.2 Å². The van der Waals surface area contributed by atoms with Crippen LogP contribution in [0.15, 0.2) is 22.8 Å². The fourth-order valence-electron chi connectivity index (χ4n) is 2.30. The standard InChI is InChI=1S/C13H20BrN3O/c14-10-4-5-11(16-9-10)7-12(17-15)8-13-3-1-2-6-18-13/h4-5,9,12-13,17H,1-3,6-8,15H2. The minimum Gasteiger partial charge on any atom is -0.378 e. The molecule has 18 heavy (non-hydrogen) atoms. The van der Waals surface area contributed by atoms with E-state index < -0.39 is 0 Å². The van der Waals surface area contributed by atoms with Gasteiger partial charge in [-0.05, 0) is 53.7 Å². The van der Waals surface area contributed by atoms with Gasteiger partial charge < -0.3 is 4.74 Å². The number of nitrogens with one attached hydrogen (secondary N) is 1. The van der Waals surface area contributed by atoms with Gasteiger partial charge in [-0.1, -0.05) is 0 Å². The number of aromatic nitrogens is 1. The zero-order valence-corrected chi connectivity index (χ0v) is 12.0. The molecule has 2 rings (SSSR count). The molecule has 1 aromatic rings. The molecule has 1 aromatic heterocycles. The summed E-state index contributed by atoms with van der Waals surface area (Å²) in [5.74, 6) is 5.63. The van der Waals surface area contributed by atoms with E-state index in [0.29, 0.717) is 6.10 Å². The number of rotatable bonds is 5. The second-order valence-electron chi connectivity index (χ2n) is 4.76. The monoisotopic (exact) mass is 313 g/mol. The van der Waals surface area contributed by atoms with Gasteiger partial charge in [-0.2, -0.15) is 0 Å². The van der Waals surface area contributed by atoms with Gasteiger partial charge in [0.25, 0.3) is 0 Å². The summed E-state index contributed by atoms with van der Waals surface area (Å²) < 4.78 is 6.74. The minimum atomic E-state index is 0.224. The summed E-state index contributed by atoms with van der Waals surface area (Å²) in [7, 11) is 0. The van der Waals surface area contributed by atoms with Gasteiger partial charge in [0.15, 0.2) is 0 Å². The number of nitrogens with two attached hydrogens (primary N) is 1. The lowest BCUT2D eigenvalue weighted by Crippen LogP contribution is -2.40. The molecule has 1 fully saturated rings. The van der Waals surface area contributed by atoms with E-state index >= 15 is 0 Å². The van der Waals surface area contributed by atoms with Crippen LogP contribution < -0.4 is 11.3 Å². The molecule has 1 aliphatic heterocycles. The van der Waals surface area contributed by atoms with Crippen molar-refractivity contribution in [3.8, 4) is 0 Å². The predicted molar refractivity (Wildman–Crippen MR) is 75.0 cm³/mol. The fourth-order valence-corrected chi connectivity index (χ4v) is 2.54. The summed E-state index contributed by atoms with van der Waals surface area (Å²) >= 11 is 3.39. The van der Waals surface area contributed by atoms with Crippen LogP contribution >= 0.6 is 15.9 Å². The van der Waals surface area contributed by atoms with Gasteiger partial charge >= 0.3 is 0 Å². The van der Waals surface area contributed by atoms with Crippen molar-refractivity contribution < 1.29 is 4.74 Å². The first-order valence-corrected chi connectivity index (χ1v) is 7.25. The maximum absolute atomic E-state index is 5.74. The predicted octanol–water partition coefficient (Wildman–Crippen LogP) is 2.18. The highest BCUT2D eigenvalue weighted by Gasteiger charge is 2.19. The van der Waals surface area contributed by atoms with Crippen molar-refractivity contribution in [1.29, 1.82) is 0 Å². The Morgan fingerprint density at radius 1 is 1.50 bits per heavy atom. The van der Waals surface area contributed by atoms with E-state index in [4.69, 9.17) is 10.6 Å². The number of hydrogen-bond donors (Lipinski definition) is 2. The minimum absolute atomic E-state index is 0.224. The normalized spacial score (nSPS) is 21.8. The van der Waals surface area contributed by atoms with E-state index in [1.54, 1.807) is 0 Å². The first kappa shape index (κ1) is 13.9. The molecule has 3 N–H and O–H groups in total. The second-order valence-corrected chi connectivity index (χ2v) is 5.68. The molecular formula is C13H20BrN3O. The lowest BCUT2D eigenvalue weighted by Gasteiger charge is -2.26. The molecule has 0 amide bonds. The Morgan fingerprint density at radius 3 is 3.00 bits per heavy atom. The van der Waals surface area contributed by atoms with Gasteiger partial charge in [-0.25, -0.2) is 0 Å². The Balaban J connectivity index is 1.86. The number of hydrazine groups is 1. The van der Waals surface area contributed by atoms with Crippen LogP contribution in [0.5, 0.6) is 0 Å². The third kappa shape index (κ3) is 4.31. The van der Waals surface area contributed by atoms with E-state index in [2.05, 4.69) is 26.3 Å². The first-order valence-electron chi connectivity index (χ1n) is 6.46. The summed E-state index contributed by atoms with van der Waals surface area (Å²) in [6.45, 7) is 0.887. The highest BCUT2D eigenvalue weighted by Crippen LogP contribution is 2.18. The van der Waals surface area contributed by atoms with Crippen molar-refractivity contribution in [2.45, 2.75) is 44.2 Å². The largest absolute Gasteiger partial charge is 0.378 e. The Kier molecular flexibility index (Phi) is 5.56. The molecule has 5 heteroatoms. The van der Waals surface area contributed by atoms with Crippen LogP contribution in [-0.2, 0) is 11.2 Å². The molecule has 0 bridgehead atoms. The third-order valence-electron chi connectivity index (χ3n) is 3.30. The Bertz CT molecular complexity index is 352. The van der Waals surface area contributed by atoms with Crippen LogP contribution in [0, 0.1) is 0 Å². The number of hydrogen-bond acceptors (Lipinski definition) is 4. The van der Waals surface area contributed by atoms with E-state index in [9.17, 15) is 0 Å². The number of halogens is 1. The zero-order valence-electron chi connectivity index (χ0n) is 10.4. The van der Waals surface area contributed by atoms with Crippen molar-refractivity contribution in [3.63, 3.8) is 0 Å². The Hall–Kier alpha value is -0.490. The molecule has 0 aromatic carbocycles. The highest BCUT2D eigenvalue weighted by atomic mass is 79.9. The van der Waals surface area contributed by atoms with Crippen LogP contribution in [0.2, 0.25) is 0 Å². The molecule has 0 aliphatic carbocycles. The van der Waals surface area contributed by atoms with Crippen LogP contribution in [0.4, 0.5) is 0 Å². The molecule has 4 nitrogen and oxygen atoms in total. The third-order valence-corrected chi connectivity index (χ3v) is 3.77. The molecule has 1 aliphatic rings. The van der Waals surface area contributed by atoms with E-state index in [1.165, 1.54) is 12.8 Å². The highest BCUT2D eigenvalue weighted by molar-refractivity contribution is 9.10. The van der Waals surface area contributed by atoms with Gasteiger partial charge in [-0.3, -0.25) is 16.3 Å². The number of pyridine rings is 1. The van der Waals surface area contributed by atoms with Gasteiger partial charge in [0.2, 0.25) is 0 Å². The molecular weight excluding hydrogens is 294 g/mol. The summed E-state index contributed by atoms with van der Waals surface area (Å²) in [4.78, 5) is 4.38. The van der Waals surface area contributed by atoms with Crippen LogP contribution in [0.1, 0.15) is 31.4 Å². The number of ether oxygens (including phenoxy) is 1. The summed E-state index contributed by atoms with van der Waals surface area (Å²) in [6.07, 6.45) is 7.55. The average Bonchev–Trinajstić information content (AvgIpc) is 2.41. The SMILES string of the molecule is NNC(Cc1ccc(Br)cn1)CC1CCCCO1. The molecule has 2 atom stereocenters. The second kappa shape index (κ2) is 7.19. The van der Waals surface area contributed by atoms with Gasteiger partial charge in [0.1, 0.15) is 0 Å². The zero-order chi connectivity index (χ0) is 12.8. The molecule has 2 unspecified atom stereocenters.